The Labute approximate surface area is 107 Å². The SMILES string of the molecule is N[C@H]1[C@@H]2CC[C@@H](C2)[C@H]1C(=O)N1CCC[C@H]1B(O)O. The van der Waals surface area contributed by atoms with Crippen molar-refractivity contribution in [2.24, 2.45) is 23.5 Å². The third kappa shape index (κ3) is 1.78. The van der Waals surface area contributed by atoms with Crippen LogP contribution in [0.2, 0.25) is 0 Å². The van der Waals surface area contributed by atoms with Crippen LogP contribution in [0.1, 0.15) is 32.1 Å². The Balaban J connectivity index is 1.74. The molecule has 0 spiro atoms. The van der Waals surface area contributed by atoms with Crippen LogP contribution in [0.25, 0.3) is 0 Å². The van der Waals surface area contributed by atoms with Gasteiger partial charge in [0.15, 0.2) is 0 Å². The van der Waals surface area contributed by atoms with Gasteiger partial charge in [0.25, 0.3) is 0 Å². The van der Waals surface area contributed by atoms with Gasteiger partial charge in [-0.3, -0.25) is 4.79 Å². The monoisotopic (exact) mass is 252 g/mol. The lowest BCUT2D eigenvalue weighted by molar-refractivity contribution is -0.137. The Morgan fingerprint density at radius 2 is 1.94 bits per heavy atom. The van der Waals surface area contributed by atoms with Crippen molar-refractivity contribution in [3.05, 3.63) is 0 Å². The van der Waals surface area contributed by atoms with E-state index in [0.717, 1.165) is 25.7 Å². The third-order valence-corrected chi connectivity index (χ3v) is 5.19. The molecule has 2 bridgehead atoms. The number of likely N-dealkylation sites (tertiary alicyclic amines) is 1. The van der Waals surface area contributed by atoms with Gasteiger partial charge in [-0.25, -0.2) is 0 Å². The molecule has 0 radical (unpaired) electrons. The minimum Gasteiger partial charge on any atom is -0.426 e. The second-order valence-electron chi connectivity index (χ2n) is 6.09. The second-order valence-corrected chi connectivity index (χ2v) is 6.09. The zero-order chi connectivity index (χ0) is 12.9. The highest BCUT2D eigenvalue weighted by atomic mass is 16.4. The van der Waals surface area contributed by atoms with Crippen molar-refractivity contribution in [1.82, 2.24) is 4.90 Å². The average molecular weight is 252 g/mol. The predicted octanol–water partition coefficient (Wildman–Crippen LogP) is -0.637. The molecule has 3 rings (SSSR count). The molecule has 18 heavy (non-hydrogen) atoms. The number of rotatable bonds is 2. The molecular weight excluding hydrogens is 231 g/mol. The number of carbonyl (C=O) groups is 1. The first-order valence-electron chi connectivity index (χ1n) is 7.02. The fourth-order valence-electron chi connectivity index (χ4n) is 4.27. The van der Waals surface area contributed by atoms with Crippen LogP contribution in [-0.2, 0) is 4.79 Å². The Bertz CT molecular complexity index is 350. The van der Waals surface area contributed by atoms with Crippen molar-refractivity contribution in [2.75, 3.05) is 6.54 Å². The molecular formula is C12H21BN2O3. The summed E-state index contributed by atoms with van der Waals surface area (Å²) in [7, 11) is -1.42. The van der Waals surface area contributed by atoms with Crippen LogP contribution in [0.15, 0.2) is 0 Å². The standard InChI is InChI=1S/C12H21BN2O3/c14-11-8-4-3-7(6-8)10(11)12(16)15-5-1-2-9(15)13(17)18/h7-11,17-18H,1-6,14H2/t7-,8+,9-,10+,11-/m0/s1. The van der Waals surface area contributed by atoms with Gasteiger partial charge >= 0.3 is 7.12 Å². The molecule has 5 nitrogen and oxygen atoms in total. The number of nitrogens with two attached hydrogens (primary N) is 1. The quantitative estimate of drug-likeness (QED) is 0.571. The zero-order valence-electron chi connectivity index (χ0n) is 10.5. The lowest BCUT2D eigenvalue weighted by atomic mass is 9.76. The summed E-state index contributed by atoms with van der Waals surface area (Å²) in [5.41, 5.74) is 6.18. The molecule has 100 valence electrons. The molecule has 0 aromatic rings. The summed E-state index contributed by atoms with van der Waals surface area (Å²) in [6.07, 6.45) is 4.87. The number of fused-ring (bicyclic) bond motifs is 2. The molecule has 0 unspecified atom stereocenters. The van der Waals surface area contributed by atoms with Gasteiger partial charge in [-0.2, -0.15) is 0 Å². The van der Waals surface area contributed by atoms with Gasteiger partial charge in [0.2, 0.25) is 5.91 Å². The molecule has 0 aromatic carbocycles. The first kappa shape index (κ1) is 12.4. The topological polar surface area (TPSA) is 86.8 Å². The number of amides is 1. The minimum absolute atomic E-state index is 0.0201. The molecule has 5 atom stereocenters. The molecule has 4 N–H and O–H groups in total. The van der Waals surface area contributed by atoms with E-state index in [-0.39, 0.29) is 17.9 Å². The van der Waals surface area contributed by atoms with E-state index < -0.39 is 13.1 Å². The van der Waals surface area contributed by atoms with E-state index in [1.54, 1.807) is 4.90 Å². The van der Waals surface area contributed by atoms with Crippen LogP contribution >= 0.6 is 0 Å². The summed E-state index contributed by atoms with van der Waals surface area (Å²) in [5.74, 6) is 0.482. The minimum atomic E-state index is -1.42. The zero-order valence-corrected chi connectivity index (χ0v) is 10.5. The lowest BCUT2D eigenvalue weighted by Crippen LogP contribution is -2.52. The van der Waals surface area contributed by atoms with E-state index >= 15 is 0 Å². The maximum Gasteiger partial charge on any atom is 0.475 e. The molecule has 1 aliphatic heterocycles. The van der Waals surface area contributed by atoms with Crippen LogP contribution in [0, 0.1) is 17.8 Å². The molecule has 6 heteroatoms. The van der Waals surface area contributed by atoms with Gasteiger partial charge in [0.05, 0.1) is 11.9 Å². The van der Waals surface area contributed by atoms with Crippen LogP contribution in [0.5, 0.6) is 0 Å². The van der Waals surface area contributed by atoms with Crippen LogP contribution in [0.3, 0.4) is 0 Å². The molecule has 3 fully saturated rings. The number of hydrogen-bond acceptors (Lipinski definition) is 4. The van der Waals surface area contributed by atoms with Crippen LogP contribution in [-0.4, -0.2) is 46.5 Å². The summed E-state index contributed by atoms with van der Waals surface area (Å²) in [5, 5.41) is 18.7. The van der Waals surface area contributed by atoms with Crippen molar-refractivity contribution in [3.63, 3.8) is 0 Å². The highest BCUT2D eigenvalue weighted by Crippen LogP contribution is 2.48. The predicted molar refractivity (Wildman–Crippen MR) is 67.2 cm³/mol. The van der Waals surface area contributed by atoms with Crippen molar-refractivity contribution < 1.29 is 14.8 Å². The van der Waals surface area contributed by atoms with E-state index in [1.165, 1.54) is 0 Å². The lowest BCUT2D eigenvalue weighted by Gasteiger charge is -2.33. The van der Waals surface area contributed by atoms with Crippen LogP contribution < -0.4 is 5.73 Å². The number of carbonyl (C=O) groups excluding carboxylic acids is 1. The summed E-state index contributed by atoms with van der Waals surface area (Å²) in [6.45, 7) is 0.641. The van der Waals surface area contributed by atoms with Crippen molar-refractivity contribution in [3.8, 4) is 0 Å². The molecule has 2 saturated carbocycles. The summed E-state index contributed by atoms with van der Waals surface area (Å²) in [6, 6.07) is -0.0201. The van der Waals surface area contributed by atoms with Gasteiger partial charge in [0, 0.05) is 12.6 Å². The van der Waals surface area contributed by atoms with Crippen molar-refractivity contribution in [1.29, 1.82) is 0 Å². The largest absolute Gasteiger partial charge is 0.475 e. The molecule has 1 saturated heterocycles. The maximum atomic E-state index is 12.6. The highest BCUT2D eigenvalue weighted by molar-refractivity contribution is 6.43. The molecule has 1 heterocycles. The number of nitrogens with zero attached hydrogens (tertiary/aromatic N) is 1. The molecule has 2 aliphatic carbocycles. The maximum absolute atomic E-state index is 12.6. The summed E-state index contributed by atoms with van der Waals surface area (Å²) >= 11 is 0. The Hall–Kier alpha value is -0.585. The van der Waals surface area contributed by atoms with E-state index in [9.17, 15) is 14.8 Å². The number of hydrogen-bond donors (Lipinski definition) is 3. The summed E-state index contributed by atoms with van der Waals surface area (Å²) < 4.78 is 0. The molecule has 3 aliphatic rings. The van der Waals surface area contributed by atoms with E-state index in [2.05, 4.69) is 0 Å². The van der Waals surface area contributed by atoms with Gasteiger partial charge < -0.3 is 20.7 Å². The smallest absolute Gasteiger partial charge is 0.426 e. The van der Waals surface area contributed by atoms with Crippen LogP contribution in [0.4, 0.5) is 0 Å². The van der Waals surface area contributed by atoms with Crippen molar-refractivity contribution >= 4 is 13.0 Å². The molecule has 0 aromatic heterocycles. The Morgan fingerprint density at radius 3 is 2.56 bits per heavy atom. The van der Waals surface area contributed by atoms with Gasteiger partial charge in [-0.05, 0) is 43.9 Å². The molecule has 1 amide bonds. The van der Waals surface area contributed by atoms with Crippen molar-refractivity contribution in [2.45, 2.75) is 44.1 Å². The van der Waals surface area contributed by atoms with Gasteiger partial charge in [0.1, 0.15) is 0 Å². The fourth-order valence-corrected chi connectivity index (χ4v) is 4.27. The van der Waals surface area contributed by atoms with Gasteiger partial charge in [-0.1, -0.05) is 0 Å². The first-order chi connectivity index (χ1) is 8.59. The average Bonchev–Trinajstić information content (AvgIpc) is 3.03. The Kier molecular flexibility index (Phi) is 3.12. The van der Waals surface area contributed by atoms with E-state index in [0.29, 0.717) is 24.8 Å². The normalized spacial score (nSPS) is 42.6. The fraction of sp³-hybridized carbons (Fsp3) is 0.917. The first-order valence-corrected chi connectivity index (χ1v) is 7.02. The second kappa shape index (κ2) is 4.51. The highest BCUT2D eigenvalue weighted by Gasteiger charge is 2.51. The van der Waals surface area contributed by atoms with E-state index in [1.807, 2.05) is 0 Å². The van der Waals surface area contributed by atoms with E-state index in [4.69, 9.17) is 5.73 Å². The Morgan fingerprint density at radius 1 is 1.22 bits per heavy atom. The summed E-state index contributed by atoms with van der Waals surface area (Å²) in [4.78, 5) is 14.2. The third-order valence-electron chi connectivity index (χ3n) is 5.19. The van der Waals surface area contributed by atoms with Gasteiger partial charge in [-0.15, -0.1) is 0 Å².